The van der Waals surface area contributed by atoms with Gasteiger partial charge in [0.2, 0.25) is 0 Å². The number of hydrogen-bond acceptors (Lipinski definition) is 0. The maximum absolute atomic E-state index is 6.11. The second-order valence-corrected chi connectivity index (χ2v) is 4.40. The van der Waals surface area contributed by atoms with E-state index in [2.05, 4.69) is 15.9 Å². The highest BCUT2D eigenvalue weighted by molar-refractivity contribution is 9.10. The lowest BCUT2D eigenvalue weighted by molar-refractivity contribution is 1.08. The van der Waals surface area contributed by atoms with E-state index in [0.717, 1.165) is 10.2 Å². The molecule has 0 atom stereocenters. The van der Waals surface area contributed by atoms with E-state index in [0.29, 0.717) is 10.0 Å². The highest BCUT2D eigenvalue weighted by Gasteiger charge is 2.08. The Kier molecular flexibility index (Phi) is 2.86. The minimum atomic E-state index is 0.540. The smallest absolute Gasteiger partial charge is 0.0843 e. The van der Waals surface area contributed by atoms with E-state index < -0.39 is 0 Å². The summed E-state index contributed by atoms with van der Waals surface area (Å²) < 4.78 is 2.72. The number of benzene rings is 1. The fourth-order valence-electron chi connectivity index (χ4n) is 1.21. The molecule has 0 bridgehead atoms. The summed E-state index contributed by atoms with van der Waals surface area (Å²) in [4.78, 5) is 0. The van der Waals surface area contributed by atoms with E-state index in [1.54, 1.807) is 0 Å². The Hall–Kier alpha value is -0.440. The SMILES string of the molecule is Clc1c(Br)ccc(-n2cccc2)c1Cl. The van der Waals surface area contributed by atoms with Crippen LogP contribution in [-0.2, 0) is 0 Å². The van der Waals surface area contributed by atoms with Crippen molar-refractivity contribution in [2.75, 3.05) is 0 Å². The number of aromatic nitrogens is 1. The third kappa shape index (κ3) is 1.70. The topological polar surface area (TPSA) is 4.93 Å². The van der Waals surface area contributed by atoms with E-state index in [1.807, 2.05) is 41.2 Å². The van der Waals surface area contributed by atoms with Gasteiger partial charge < -0.3 is 4.57 Å². The van der Waals surface area contributed by atoms with E-state index in [-0.39, 0.29) is 0 Å². The molecular formula is C10H6BrCl2N. The molecule has 2 aromatic rings. The highest BCUT2D eigenvalue weighted by atomic mass is 79.9. The summed E-state index contributed by atoms with van der Waals surface area (Å²) in [5, 5.41) is 1.09. The molecule has 2 rings (SSSR count). The summed E-state index contributed by atoms with van der Waals surface area (Å²) in [6, 6.07) is 7.67. The zero-order valence-corrected chi connectivity index (χ0v) is 10.1. The Bertz CT molecular complexity index is 451. The Labute approximate surface area is 100 Å². The van der Waals surface area contributed by atoms with Gasteiger partial charge in [0, 0.05) is 16.9 Å². The van der Waals surface area contributed by atoms with Gasteiger partial charge in [0.25, 0.3) is 0 Å². The van der Waals surface area contributed by atoms with Gasteiger partial charge in [-0.15, -0.1) is 0 Å². The van der Waals surface area contributed by atoms with Crippen LogP contribution in [0.15, 0.2) is 41.1 Å². The van der Waals surface area contributed by atoms with Crippen LogP contribution in [0.5, 0.6) is 0 Å². The first kappa shape index (κ1) is 10.1. The fraction of sp³-hybridized carbons (Fsp3) is 0. The second kappa shape index (κ2) is 3.97. The molecule has 0 unspecified atom stereocenters. The van der Waals surface area contributed by atoms with Gasteiger partial charge in [-0.25, -0.2) is 0 Å². The minimum Gasteiger partial charge on any atom is -0.322 e. The summed E-state index contributed by atoms with van der Waals surface area (Å²) in [5.74, 6) is 0. The lowest BCUT2D eigenvalue weighted by Crippen LogP contribution is -1.91. The van der Waals surface area contributed by atoms with Crippen LogP contribution in [0.4, 0.5) is 0 Å². The lowest BCUT2D eigenvalue weighted by atomic mass is 10.3. The van der Waals surface area contributed by atoms with Crippen molar-refractivity contribution in [3.63, 3.8) is 0 Å². The van der Waals surface area contributed by atoms with Crippen LogP contribution in [0, 0.1) is 0 Å². The summed E-state index contributed by atoms with van der Waals surface area (Å²) >= 11 is 15.4. The Balaban J connectivity index is 2.61. The van der Waals surface area contributed by atoms with Crippen molar-refractivity contribution in [3.05, 3.63) is 51.2 Å². The maximum atomic E-state index is 6.11. The van der Waals surface area contributed by atoms with E-state index in [9.17, 15) is 0 Å². The van der Waals surface area contributed by atoms with Crippen LogP contribution in [0.25, 0.3) is 5.69 Å². The highest BCUT2D eigenvalue weighted by Crippen LogP contribution is 2.34. The average Bonchev–Trinajstić information content (AvgIpc) is 2.67. The molecule has 0 spiro atoms. The van der Waals surface area contributed by atoms with E-state index in [4.69, 9.17) is 23.2 Å². The molecular weight excluding hydrogens is 285 g/mol. The molecule has 1 aromatic carbocycles. The number of halogens is 3. The van der Waals surface area contributed by atoms with Crippen molar-refractivity contribution in [1.29, 1.82) is 0 Å². The molecule has 0 aliphatic carbocycles. The Morgan fingerprint density at radius 2 is 1.64 bits per heavy atom. The van der Waals surface area contributed by atoms with Crippen molar-refractivity contribution >= 4 is 39.1 Å². The fourth-order valence-corrected chi connectivity index (χ4v) is 2.08. The van der Waals surface area contributed by atoms with Crippen LogP contribution in [0.2, 0.25) is 10.0 Å². The molecule has 1 nitrogen and oxygen atoms in total. The molecule has 0 aliphatic heterocycles. The van der Waals surface area contributed by atoms with Gasteiger partial charge >= 0.3 is 0 Å². The predicted octanol–water partition coefficient (Wildman–Crippen LogP) is 4.55. The Morgan fingerprint density at radius 3 is 2.29 bits per heavy atom. The van der Waals surface area contributed by atoms with Crippen LogP contribution in [-0.4, -0.2) is 4.57 Å². The molecule has 0 saturated carbocycles. The summed E-state index contributed by atoms with van der Waals surface area (Å²) in [6.45, 7) is 0. The molecule has 1 heterocycles. The monoisotopic (exact) mass is 289 g/mol. The summed E-state index contributed by atoms with van der Waals surface area (Å²) in [5.41, 5.74) is 0.880. The van der Waals surface area contributed by atoms with Gasteiger partial charge in [-0.05, 0) is 40.2 Å². The van der Waals surface area contributed by atoms with Crippen molar-refractivity contribution in [3.8, 4) is 5.69 Å². The third-order valence-electron chi connectivity index (χ3n) is 1.90. The summed E-state index contributed by atoms with van der Waals surface area (Å²) in [6.07, 6.45) is 3.84. The molecule has 1 aromatic heterocycles. The molecule has 14 heavy (non-hydrogen) atoms. The Morgan fingerprint density at radius 1 is 1.00 bits per heavy atom. The van der Waals surface area contributed by atoms with E-state index in [1.165, 1.54) is 0 Å². The number of rotatable bonds is 1. The molecule has 0 radical (unpaired) electrons. The largest absolute Gasteiger partial charge is 0.322 e. The van der Waals surface area contributed by atoms with Crippen molar-refractivity contribution in [1.82, 2.24) is 4.57 Å². The average molecular weight is 291 g/mol. The second-order valence-electron chi connectivity index (χ2n) is 2.78. The molecule has 0 N–H and O–H groups in total. The summed E-state index contributed by atoms with van der Waals surface area (Å²) in [7, 11) is 0. The first-order valence-electron chi connectivity index (χ1n) is 3.97. The zero-order valence-electron chi connectivity index (χ0n) is 7.05. The van der Waals surface area contributed by atoms with Crippen molar-refractivity contribution < 1.29 is 0 Å². The first-order chi connectivity index (χ1) is 6.70. The van der Waals surface area contributed by atoms with Gasteiger partial charge in [0.05, 0.1) is 15.7 Å². The quantitative estimate of drug-likeness (QED) is 0.679. The van der Waals surface area contributed by atoms with Gasteiger partial charge in [-0.3, -0.25) is 0 Å². The molecule has 0 amide bonds. The van der Waals surface area contributed by atoms with Gasteiger partial charge in [0.1, 0.15) is 0 Å². The van der Waals surface area contributed by atoms with Gasteiger partial charge in [0.15, 0.2) is 0 Å². The molecule has 0 saturated heterocycles. The van der Waals surface area contributed by atoms with Crippen LogP contribution < -0.4 is 0 Å². The van der Waals surface area contributed by atoms with Gasteiger partial charge in [-0.1, -0.05) is 23.2 Å². The standard InChI is InChI=1S/C10H6BrCl2N/c11-7-3-4-8(10(13)9(7)12)14-5-1-2-6-14/h1-6H. The number of nitrogens with zero attached hydrogens (tertiary/aromatic N) is 1. The molecule has 0 aliphatic rings. The normalized spacial score (nSPS) is 10.5. The minimum absolute atomic E-state index is 0.540. The van der Waals surface area contributed by atoms with Gasteiger partial charge in [-0.2, -0.15) is 0 Å². The van der Waals surface area contributed by atoms with E-state index >= 15 is 0 Å². The van der Waals surface area contributed by atoms with Crippen molar-refractivity contribution in [2.45, 2.75) is 0 Å². The van der Waals surface area contributed by atoms with Crippen molar-refractivity contribution in [2.24, 2.45) is 0 Å². The zero-order chi connectivity index (χ0) is 10.1. The van der Waals surface area contributed by atoms with Crippen LogP contribution in [0.1, 0.15) is 0 Å². The maximum Gasteiger partial charge on any atom is 0.0843 e. The third-order valence-corrected chi connectivity index (χ3v) is 3.66. The molecule has 4 heteroatoms. The molecule has 0 fully saturated rings. The lowest BCUT2D eigenvalue weighted by Gasteiger charge is -2.07. The predicted molar refractivity (Wildman–Crippen MR) is 63.5 cm³/mol. The van der Waals surface area contributed by atoms with Crippen LogP contribution in [0.3, 0.4) is 0 Å². The first-order valence-corrected chi connectivity index (χ1v) is 5.52. The molecule has 72 valence electrons. The van der Waals surface area contributed by atoms with Crippen LogP contribution >= 0.6 is 39.1 Å². The number of hydrogen-bond donors (Lipinski definition) is 0.